The van der Waals surface area contributed by atoms with E-state index in [1.165, 1.54) is 0 Å². The topological polar surface area (TPSA) is 136 Å². The van der Waals surface area contributed by atoms with Gasteiger partial charge in [0, 0.05) is 11.8 Å². The van der Waals surface area contributed by atoms with Gasteiger partial charge in [-0.1, -0.05) is 41.6 Å². The van der Waals surface area contributed by atoms with Gasteiger partial charge in [-0.05, 0) is 17.7 Å². The third-order valence-electron chi connectivity index (χ3n) is 4.43. The zero-order chi connectivity index (χ0) is 19.0. The molecule has 4 rings (SSSR count). The summed E-state index contributed by atoms with van der Waals surface area (Å²) in [5, 5.41) is 45.8. The summed E-state index contributed by atoms with van der Waals surface area (Å²) < 4.78 is 0.986. The summed E-state index contributed by atoms with van der Waals surface area (Å²) in [5.74, 6) is -0.686. The van der Waals surface area contributed by atoms with Crippen LogP contribution in [0.3, 0.4) is 0 Å². The van der Waals surface area contributed by atoms with Crippen molar-refractivity contribution in [3.05, 3.63) is 59.7 Å². The molecule has 0 aliphatic carbocycles. The molecule has 138 valence electrons. The second-order valence-electron chi connectivity index (χ2n) is 6.14. The van der Waals surface area contributed by atoms with Crippen LogP contribution in [0.4, 0.5) is 0 Å². The highest BCUT2D eigenvalue weighted by atomic mass is 16.5. The minimum absolute atomic E-state index is 0.466. The molecule has 2 unspecified atom stereocenters. The highest BCUT2D eigenvalue weighted by Crippen LogP contribution is 2.28. The molecule has 27 heavy (non-hydrogen) atoms. The number of aliphatic hydroxyl groups is 4. The standard InChI is InChI=1S/C18H17N5O4/c24-17(25)15(10-4-2-1-3-5-10)16-19-9-13(20-16)11-6-7-14-12(8-11)21-22-23(14)18(26)27/h1-9,15-18,24-27H. The van der Waals surface area contributed by atoms with Crippen LogP contribution in [0, 0.1) is 0 Å². The largest absolute Gasteiger partial charge is 0.367 e. The van der Waals surface area contributed by atoms with Crippen molar-refractivity contribution in [2.24, 2.45) is 9.98 Å². The normalized spacial score (nSPS) is 17.9. The lowest BCUT2D eigenvalue weighted by Gasteiger charge is -2.21. The van der Waals surface area contributed by atoms with Crippen LogP contribution in [0.15, 0.2) is 58.5 Å². The Morgan fingerprint density at radius 3 is 2.44 bits per heavy atom. The third-order valence-corrected chi connectivity index (χ3v) is 4.43. The molecule has 0 amide bonds. The summed E-state index contributed by atoms with van der Waals surface area (Å²) in [6.45, 7) is 0. The molecule has 9 nitrogen and oxygen atoms in total. The number of hydrogen-bond donors (Lipinski definition) is 4. The maximum atomic E-state index is 9.82. The molecule has 9 heteroatoms. The van der Waals surface area contributed by atoms with Crippen LogP contribution < -0.4 is 0 Å². The van der Waals surface area contributed by atoms with Crippen molar-refractivity contribution >= 4 is 23.0 Å². The highest BCUT2D eigenvalue weighted by molar-refractivity contribution is 6.39. The Morgan fingerprint density at radius 1 is 0.963 bits per heavy atom. The first-order chi connectivity index (χ1) is 13.0. The number of hydrogen-bond acceptors (Lipinski definition) is 8. The Hall–Kier alpha value is -2.98. The molecule has 1 aromatic heterocycles. The van der Waals surface area contributed by atoms with Crippen molar-refractivity contribution in [1.82, 2.24) is 15.0 Å². The first-order valence-electron chi connectivity index (χ1n) is 8.28. The fourth-order valence-electron chi connectivity index (χ4n) is 3.12. The number of aliphatic hydroxyl groups excluding tert-OH is 2. The molecule has 0 radical (unpaired) electrons. The molecule has 0 spiro atoms. The molecule has 0 saturated carbocycles. The van der Waals surface area contributed by atoms with Gasteiger partial charge in [-0.2, -0.15) is 4.68 Å². The lowest BCUT2D eigenvalue weighted by Crippen LogP contribution is -2.26. The van der Waals surface area contributed by atoms with Gasteiger partial charge >= 0.3 is 0 Å². The summed E-state index contributed by atoms with van der Waals surface area (Å²) in [4.78, 5) is 8.86. The van der Waals surface area contributed by atoms with Crippen LogP contribution in [0.5, 0.6) is 0 Å². The van der Waals surface area contributed by atoms with Gasteiger partial charge in [0.15, 0.2) is 12.5 Å². The lowest BCUT2D eigenvalue weighted by molar-refractivity contribution is -0.108. The van der Waals surface area contributed by atoms with Crippen molar-refractivity contribution < 1.29 is 20.4 Å². The quantitative estimate of drug-likeness (QED) is 0.475. The van der Waals surface area contributed by atoms with Crippen LogP contribution in [-0.2, 0) is 0 Å². The number of benzene rings is 2. The molecule has 2 aromatic carbocycles. The monoisotopic (exact) mass is 367 g/mol. The molecule has 1 aliphatic heterocycles. The SMILES string of the molecule is OC(O)C(c1ccccc1)C1N=CC(c2ccc3c(c2)nnn3C(O)O)=N1. The van der Waals surface area contributed by atoms with Gasteiger partial charge in [-0.15, -0.1) is 5.10 Å². The van der Waals surface area contributed by atoms with E-state index in [1.807, 2.05) is 18.2 Å². The lowest BCUT2D eigenvalue weighted by atomic mass is 9.96. The summed E-state index contributed by atoms with van der Waals surface area (Å²) in [7, 11) is 0. The van der Waals surface area contributed by atoms with E-state index in [-0.39, 0.29) is 0 Å². The minimum Gasteiger partial charge on any atom is -0.367 e. The second kappa shape index (κ2) is 6.97. The number of fused-ring (bicyclic) bond motifs is 1. The molecule has 0 saturated heterocycles. The summed E-state index contributed by atoms with van der Waals surface area (Å²) in [6.07, 6.45) is -2.46. The molecule has 2 heterocycles. The van der Waals surface area contributed by atoms with Crippen molar-refractivity contribution in [3.63, 3.8) is 0 Å². The predicted molar refractivity (Wildman–Crippen MR) is 97.2 cm³/mol. The first-order valence-corrected chi connectivity index (χ1v) is 8.28. The zero-order valence-corrected chi connectivity index (χ0v) is 14.0. The molecule has 0 fully saturated rings. The van der Waals surface area contributed by atoms with E-state index in [4.69, 9.17) is 0 Å². The van der Waals surface area contributed by atoms with E-state index in [9.17, 15) is 20.4 Å². The van der Waals surface area contributed by atoms with E-state index in [1.54, 1.807) is 36.5 Å². The third kappa shape index (κ3) is 3.24. The fraction of sp³-hybridized carbons (Fsp3) is 0.222. The average Bonchev–Trinajstić information content (AvgIpc) is 3.29. The van der Waals surface area contributed by atoms with E-state index >= 15 is 0 Å². The molecule has 3 aromatic rings. The number of nitrogens with zero attached hydrogens (tertiary/aromatic N) is 5. The Balaban J connectivity index is 1.66. The number of aliphatic imine (C=N–C) groups is 2. The maximum absolute atomic E-state index is 9.82. The molecular formula is C18H17N5O4. The number of rotatable bonds is 5. The van der Waals surface area contributed by atoms with Crippen LogP contribution in [0.2, 0.25) is 0 Å². The van der Waals surface area contributed by atoms with Gasteiger partial charge in [-0.25, -0.2) is 0 Å². The molecule has 4 N–H and O–H groups in total. The second-order valence-corrected chi connectivity index (χ2v) is 6.14. The highest BCUT2D eigenvalue weighted by Gasteiger charge is 2.30. The van der Waals surface area contributed by atoms with Crippen LogP contribution in [-0.4, -0.2) is 59.8 Å². The average molecular weight is 367 g/mol. The number of aromatic nitrogens is 3. The zero-order valence-electron chi connectivity index (χ0n) is 14.0. The van der Waals surface area contributed by atoms with Crippen molar-refractivity contribution in [2.75, 3.05) is 0 Å². The van der Waals surface area contributed by atoms with Crippen molar-refractivity contribution in [1.29, 1.82) is 0 Å². The van der Waals surface area contributed by atoms with E-state index in [0.29, 0.717) is 22.3 Å². The van der Waals surface area contributed by atoms with Crippen molar-refractivity contribution in [2.45, 2.75) is 24.8 Å². The van der Waals surface area contributed by atoms with Crippen molar-refractivity contribution in [3.8, 4) is 0 Å². The van der Waals surface area contributed by atoms with Gasteiger partial charge in [0.1, 0.15) is 5.52 Å². The van der Waals surface area contributed by atoms with E-state index in [0.717, 1.165) is 10.2 Å². The molecule has 2 atom stereocenters. The Morgan fingerprint density at radius 2 is 1.74 bits per heavy atom. The van der Waals surface area contributed by atoms with E-state index < -0.39 is 24.8 Å². The van der Waals surface area contributed by atoms with Gasteiger partial charge in [0.05, 0.1) is 17.1 Å². The Kier molecular flexibility index (Phi) is 4.50. The smallest absolute Gasteiger partial charge is 0.256 e. The summed E-state index contributed by atoms with van der Waals surface area (Å²) in [6, 6.07) is 14.2. The Bertz CT molecular complexity index is 1010. The first kappa shape index (κ1) is 17.4. The maximum Gasteiger partial charge on any atom is 0.256 e. The Labute approximate surface area is 153 Å². The van der Waals surface area contributed by atoms with Gasteiger partial charge < -0.3 is 20.4 Å². The van der Waals surface area contributed by atoms with Gasteiger partial charge in [0.25, 0.3) is 6.41 Å². The minimum atomic E-state index is -1.77. The predicted octanol–water partition coefficient (Wildman–Crippen LogP) is 0.166. The van der Waals surface area contributed by atoms with Crippen LogP contribution in [0.1, 0.15) is 23.5 Å². The molecule has 1 aliphatic rings. The van der Waals surface area contributed by atoms with Crippen LogP contribution in [0.25, 0.3) is 11.0 Å². The van der Waals surface area contributed by atoms with Gasteiger partial charge in [0.2, 0.25) is 0 Å². The fourth-order valence-corrected chi connectivity index (χ4v) is 3.12. The summed E-state index contributed by atoms with van der Waals surface area (Å²) in [5.41, 5.74) is 2.96. The molecular weight excluding hydrogens is 350 g/mol. The molecule has 0 bridgehead atoms. The van der Waals surface area contributed by atoms with E-state index in [2.05, 4.69) is 20.3 Å². The van der Waals surface area contributed by atoms with Crippen LogP contribution >= 0.6 is 0 Å². The summed E-state index contributed by atoms with van der Waals surface area (Å²) >= 11 is 0. The van der Waals surface area contributed by atoms with Gasteiger partial charge in [-0.3, -0.25) is 9.98 Å².